The Morgan fingerprint density at radius 1 is 1.44 bits per heavy atom. The molecule has 3 nitrogen and oxygen atoms in total. The van der Waals surface area contributed by atoms with E-state index < -0.39 is 0 Å². The van der Waals surface area contributed by atoms with Gasteiger partial charge in [-0.25, -0.2) is 0 Å². The predicted octanol–water partition coefficient (Wildman–Crippen LogP) is 2.12. The van der Waals surface area contributed by atoms with Gasteiger partial charge in [-0.2, -0.15) is 0 Å². The fourth-order valence-corrected chi connectivity index (χ4v) is 2.82. The summed E-state index contributed by atoms with van der Waals surface area (Å²) in [6, 6.07) is 6.00. The molecule has 0 radical (unpaired) electrons. The van der Waals surface area contributed by atoms with Crippen LogP contribution in [0.5, 0.6) is 5.75 Å². The van der Waals surface area contributed by atoms with Crippen molar-refractivity contribution in [2.75, 3.05) is 18.1 Å². The number of carbonyl (C=O) groups is 1. The average Bonchev–Trinajstić information content (AvgIpc) is 2.83. The summed E-state index contributed by atoms with van der Waals surface area (Å²) < 4.78 is 5.45. The summed E-state index contributed by atoms with van der Waals surface area (Å²) in [5.41, 5.74) is 2.21. The maximum Gasteiger partial charge on any atom is 0.228 e. The number of amides is 1. The number of fused-ring (bicyclic) bond motifs is 1. The first kappa shape index (κ1) is 10.1. The highest BCUT2D eigenvalue weighted by molar-refractivity contribution is 9.09. The minimum atomic E-state index is 0.195. The van der Waals surface area contributed by atoms with E-state index in [1.54, 1.807) is 0 Å². The monoisotopic (exact) mass is 281 g/mol. The number of alkyl halides is 1. The fraction of sp³-hybridized carbons (Fsp3) is 0.417. The second-order valence-electron chi connectivity index (χ2n) is 4.20. The van der Waals surface area contributed by atoms with Crippen LogP contribution in [0.25, 0.3) is 0 Å². The molecule has 0 saturated carbocycles. The van der Waals surface area contributed by atoms with Crippen LogP contribution in [0.1, 0.15) is 12.0 Å². The summed E-state index contributed by atoms with van der Waals surface area (Å²) in [4.78, 5) is 13.9. The number of hydrogen-bond acceptors (Lipinski definition) is 2. The molecule has 0 N–H and O–H groups in total. The smallest absolute Gasteiger partial charge is 0.228 e. The first-order chi connectivity index (χ1) is 7.74. The van der Waals surface area contributed by atoms with Crippen molar-refractivity contribution < 1.29 is 9.53 Å². The maximum absolute atomic E-state index is 11.8. The largest absolute Gasteiger partial charge is 0.493 e. The molecule has 16 heavy (non-hydrogen) atoms. The number of benzene rings is 1. The summed E-state index contributed by atoms with van der Waals surface area (Å²) >= 11 is 3.49. The number of rotatable bonds is 1. The molecule has 1 fully saturated rings. The number of anilines is 1. The van der Waals surface area contributed by atoms with Crippen LogP contribution in [0.3, 0.4) is 0 Å². The van der Waals surface area contributed by atoms with Crippen molar-refractivity contribution in [3.63, 3.8) is 0 Å². The molecule has 2 aliphatic rings. The summed E-state index contributed by atoms with van der Waals surface area (Å²) in [6.07, 6.45) is 1.54. The zero-order valence-electron chi connectivity index (χ0n) is 8.78. The maximum atomic E-state index is 11.8. The van der Waals surface area contributed by atoms with Crippen molar-refractivity contribution >= 4 is 27.5 Å². The molecule has 2 aliphatic heterocycles. The van der Waals surface area contributed by atoms with Crippen LogP contribution >= 0.6 is 15.9 Å². The first-order valence-electron chi connectivity index (χ1n) is 5.44. The quantitative estimate of drug-likeness (QED) is 0.738. The second kappa shape index (κ2) is 3.77. The van der Waals surface area contributed by atoms with Gasteiger partial charge in [0.1, 0.15) is 5.75 Å². The Kier molecular flexibility index (Phi) is 2.39. The number of hydrogen-bond donors (Lipinski definition) is 0. The van der Waals surface area contributed by atoms with Crippen molar-refractivity contribution in [2.45, 2.75) is 17.7 Å². The van der Waals surface area contributed by atoms with Crippen LogP contribution in [0.15, 0.2) is 18.2 Å². The number of ether oxygens (including phenoxy) is 1. The molecular weight excluding hydrogens is 270 g/mol. The lowest BCUT2D eigenvalue weighted by Crippen LogP contribution is -2.24. The molecule has 1 atom stereocenters. The molecule has 4 heteroatoms. The molecule has 0 aliphatic carbocycles. The highest BCUT2D eigenvalue weighted by atomic mass is 79.9. The van der Waals surface area contributed by atoms with Gasteiger partial charge in [0.05, 0.1) is 6.61 Å². The molecule has 1 saturated heterocycles. The highest BCUT2D eigenvalue weighted by Gasteiger charge is 2.29. The van der Waals surface area contributed by atoms with Crippen molar-refractivity contribution in [3.8, 4) is 5.75 Å². The van der Waals surface area contributed by atoms with E-state index in [1.807, 2.05) is 17.0 Å². The lowest BCUT2D eigenvalue weighted by molar-refractivity contribution is -0.117. The first-order valence-corrected chi connectivity index (χ1v) is 6.36. The van der Waals surface area contributed by atoms with Crippen LogP contribution in [-0.4, -0.2) is 23.9 Å². The highest BCUT2D eigenvalue weighted by Crippen LogP contribution is 2.32. The van der Waals surface area contributed by atoms with E-state index in [4.69, 9.17) is 4.74 Å². The molecule has 0 aromatic heterocycles. The van der Waals surface area contributed by atoms with Gasteiger partial charge in [0.2, 0.25) is 5.91 Å². The standard InChI is InChI=1S/C12H12BrNO2/c13-9-6-12(15)14(7-9)10-1-2-11-8(5-10)3-4-16-11/h1-2,5,9H,3-4,6-7H2. The van der Waals surface area contributed by atoms with E-state index in [2.05, 4.69) is 22.0 Å². The van der Waals surface area contributed by atoms with Crippen LogP contribution in [0.2, 0.25) is 0 Å². The Balaban J connectivity index is 1.92. The molecule has 1 amide bonds. The van der Waals surface area contributed by atoms with Gasteiger partial charge in [0.25, 0.3) is 0 Å². The SMILES string of the molecule is O=C1CC(Br)CN1c1ccc2c(c1)CCO2. The summed E-state index contributed by atoms with van der Waals surface area (Å²) in [6.45, 7) is 1.52. The molecule has 0 spiro atoms. The summed E-state index contributed by atoms with van der Waals surface area (Å²) in [5, 5.41) is 0. The van der Waals surface area contributed by atoms with E-state index in [9.17, 15) is 4.79 Å². The minimum Gasteiger partial charge on any atom is -0.493 e. The third-order valence-electron chi connectivity index (χ3n) is 3.06. The van der Waals surface area contributed by atoms with E-state index in [-0.39, 0.29) is 10.7 Å². The Morgan fingerprint density at radius 2 is 2.31 bits per heavy atom. The van der Waals surface area contributed by atoms with E-state index in [1.165, 1.54) is 5.56 Å². The van der Waals surface area contributed by atoms with Gasteiger partial charge in [0, 0.05) is 29.9 Å². The molecule has 1 aromatic rings. The Hall–Kier alpha value is -1.03. The second-order valence-corrected chi connectivity index (χ2v) is 5.49. The predicted molar refractivity (Wildman–Crippen MR) is 65.3 cm³/mol. The van der Waals surface area contributed by atoms with Crippen molar-refractivity contribution in [3.05, 3.63) is 23.8 Å². The van der Waals surface area contributed by atoms with Crippen LogP contribution < -0.4 is 9.64 Å². The van der Waals surface area contributed by atoms with E-state index in [0.29, 0.717) is 6.42 Å². The number of carbonyl (C=O) groups excluding carboxylic acids is 1. The molecule has 1 unspecified atom stereocenters. The van der Waals surface area contributed by atoms with Crippen LogP contribution in [-0.2, 0) is 11.2 Å². The van der Waals surface area contributed by atoms with Crippen LogP contribution in [0, 0.1) is 0 Å². The Labute approximate surface area is 103 Å². The topological polar surface area (TPSA) is 29.5 Å². The molecule has 1 aromatic carbocycles. The van der Waals surface area contributed by atoms with Crippen molar-refractivity contribution in [1.82, 2.24) is 0 Å². The lowest BCUT2D eigenvalue weighted by Gasteiger charge is -2.16. The average molecular weight is 282 g/mol. The third kappa shape index (κ3) is 1.61. The zero-order valence-corrected chi connectivity index (χ0v) is 10.4. The van der Waals surface area contributed by atoms with Crippen molar-refractivity contribution in [1.29, 1.82) is 0 Å². The Morgan fingerprint density at radius 3 is 3.06 bits per heavy atom. The van der Waals surface area contributed by atoms with Gasteiger partial charge < -0.3 is 9.64 Å². The van der Waals surface area contributed by atoms with Gasteiger partial charge >= 0.3 is 0 Å². The van der Waals surface area contributed by atoms with Gasteiger partial charge in [-0.05, 0) is 23.8 Å². The van der Waals surface area contributed by atoms with Gasteiger partial charge in [0.15, 0.2) is 0 Å². The summed E-state index contributed by atoms with van der Waals surface area (Å²) in [5.74, 6) is 1.16. The number of halogens is 1. The van der Waals surface area contributed by atoms with Gasteiger partial charge in [-0.15, -0.1) is 0 Å². The number of nitrogens with zero attached hydrogens (tertiary/aromatic N) is 1. The minimum absolute atomic E-state index is 0.195. The Bertz CT molecular complexity index is 447. The third-order valence-corrected chi connectivity index (χ3v) is 3.68. The van der Waals surface area contributed by atoms with Gasteiger partial charge in [-0.3, -0.25) is 4.79 Å². The molecule has 3 rings (SSSR count). The molecule has 2 heterocycles. The van der Waals surface area contributed by atoms with E-state index >= 15 is 0 Å². The molecule has 84 valence electrons. The van der Waals surface area contributed by atoms with E-state index in [0.717, 1.165) is 31.0 Å². The van der Waals surface area contributed by atoms with Crippen LogP contribution in [0.4, 0.5) is 5.69 Å². The van der Waals surface area contributed by atoms with Gasteiger partial charge in [-0.1, -0.05) is 15.9 Å². The van der Waals surface area contributed by atoms with Crippen molar-refractivity contribution in [2.24, 2.45) is 0 Å². The lowest BCUT2D eigenvalue weighted by atomic mass is 10.1. The molecular formula is C12H12BrNO2. The normalized spacial score (nSPS) is 23.4. The summed E-state index contributed by atoms with van der Waals surface area (Å²) in [7, 11) is 0. The zero-order chi connectivity index (χ0) is 11.1. The molecule has 0 bridgehead atoms. The fourth-order valence-electron chi connectivity index (χ4n) is 2.25.